The summed E-state index contributed by atoms with van der Waals surface area (Å²) in [5.74, 6) is -0.365. The number of hydrogen-bond acceptors (Lipinski definition) is 3. The minimum absolute atomic E-state index is 0.365. The number of halogens is 1. The van der Waals surface area contributed by atoms with Gasteiger partial charge in [-0.05, 0) is 24.1 Å². The Bertz CT molecular complexity index is 541. The van der Waals surface area contributed by atoms with Gasteiger partial charge in [0.1, 0.15) is 6.04 Å². The first kappa shape index (κ1) is 14.1. The van der Waals surface area contributed by atoms with Crippen LogP contribution >= 0.6 is 22.9 Å². The van der Waals surface area contributed by atoms with E-state index in [0.717, 1.165) is 16.3 Å². The normalized spacial score (nSPS) is 12.3. The molecule has 2 aromatic rings. The summed E-state index contributed by atoms with van der Waals surface area (Å²) < 4.78 is 0.782. The third kappa shape index (κ3) is 4.06. The maximum atomic E-state index is 11.5. The van der Waals surface area contributed by atoms with Crippen LogP contribution in [0.25, 0.3) is 0 Å². The van der Waals surface area contributed by atoms with Crippen LogP contribution in [0.15, 0.2) is 42.5 Å². The fraction of sp³-hybridized carbons (Fsp3) is 0.214. The van der Waals surface area contributed by atoms with Gasteiger partial charge in [-0.15, -0.1) is 11.3 Å². The lowest BCUT2D eigenvalue weighted by atomic mass is 10.1. The van der Waals surface area contributed by atoms with Gasteiger partial charge in [0.2, 0.25) is 5.91 Å². The molecular weight excluding hydrogens is 280 g/mol. The van der Waals surface area contributed by atoms with Crippen molar-refractivity contribution in [3.8, 4) is 0 Å². The van der Waals surface area contributed by atoms with Crippen molar-refractivity contribution in [2.24, 2.45) is 5.73 Å². The molecule has 2 rings (SSSR count). The minimum atomic E-state index is -0.448. The standard InChI is InChI=1S/C14H15ClN2OS/c15-12-7-6-11(19-12)8-9-17-13(14(16)18)10-4-2-1-3-5-10/h1-7,13,17H,8-9H2,(H2,16,18)/t13-/m0/s1. The maximum absolute atomic E-state index is 11.5. The number of carbonyl (C=O) groups is 1. The SMILES string of the molecule is NC(=O)[C@@H](NCCc1ccc(Cl)s1)c1ccccc1. The highest BCUT2D eigenvalue weighted by molar-refractivity contribution is 7.16. The van der Waals surface area contributed by atoms with Crippen LogP contribution < -0.4 is 11.1 Å². The Balaban J connectivity index is 1.93. The van der Waals surface area contributed by atoms with Crippen LogP contribution in [-0.4, -0.2) is 12.5 Å². The quantitative estimate of drug-likeness (QED) is 0.861. The van der Waals surface area contributed by atoms with Gasteiger partial charge < -0.3 is 11.1 Å². The number of carbonyl (C=O) groups excluding carboxylic acids is 1. The van der Waals surface area contributed by atoms with Crippen LogP contribution in [0.5, 0.6) is 0 Å². The number of benzene rings is 1. The molecule has 19 heavy (non-hydrogen) atoms. The van der Waals surface area contributed by atoms with Crippen LogP contribution in [0.2, 0.25) is 4.34 Å². The molecule has 0 aliphatic carbocycles. The van der Waals surface area contributed by atoms with Gasteiger partial charge in [0.25, 0.3) is 0 Å². The van der Waals surface area contributed by atoms with E-state index in [1.807, 2.05) is 42.5 Å². The van der Waals surface area contributed by atoms with Crippen LogP contribution in [0.1, 0.15) is 16.5 Å². The van der Waals surface area contributed by atoms with Crippen molar-refractivity contribution >= 4 is 28.8 Å². The number of nitrogens with one attached hydrogen (secondary N) is 1. The number of hydrogen-bond donors (Lipinski definition) is 2. The highest BCUT2D eigenvalue weighted by atomic mass is 35.5. The smallest absolute Gasteiger partial charge is 0.239 e. The first-order valence-corrected chi connectivity index (χ1v) is 7.18. The van der Waals surface area contributed by atoms with Crippen molar-refractivity contribution in [1.29, 1.82) is 0 Å². The van der Waals surface area contributed by atoms with Crippen molar-refractivity contribution in [1.82, 2.24) is 5.32 Å². The molecule has 1 amide bonds. The average Bonchev–Trinajstić information content (AvgIpc) is 2.81. The highest BCUT2D eigenvalue weighted by Gasteiger charge is 2.16. The zero-order valence-corrected chi connectivity index (χ0v) is 11.9. The topological polar surface area (TPSA) is 55.1 Å². The van der Waals surface area contributed by atoms with E-state index in [9.17, 15) is 4.79 Å². The van der Waals surface area contributed by atoms with E-state index in [1.54, 1.807) is 11.3 Å². The van der Waals surface area contributed by atoms with E-state index in [4.69, 9.17) is 17.3 Å². The van der Waals surface area contributed by atoms with Gasteiger partial charge in [0, 0.05) is 11.4 Å². The molecule has 1 aromatic heterocycles. The van der Waals surface area contributed by atoms with E-state index in [0.29, 0.717) is 6.54 Å². The number of amides is 1. The predicted octanol–water partition coefficient (Wildman–Crippen LogP) is 2.76. The van der Waals surface area contributed by atoms with Crippen molar-refractivity contribution in [3.63, 3.8) is 0 Å². The first-order chi connectivity index (χ1) is 9.16. The van der Waals surface area contributed by atoms with Crippen molar-refractivity contribution < 1.29 is 4.79 Å². The van der Waals surface area contributed by atoms with Crippen molar-refractivity contribution in [2.75, 3.05) is 6.54 Å². The van der Waals surface area contributed by atoms with Crippen molar-refractivity contribution in [2.45, 2.75) is 12.5 Å². The largest absolute Gasteiger partial charge is 0.368 e. The molecule has 1 aromatic carbocycles. The van der Waals surface area contributed by atoms with Gasteiger partial charge in [-0.25, -0.2) is 0 Å². The Morgan fingerprint density at radius 2 is 2.00 bits per heavy atom. The van der Waals surface area contributed by atoms with Gasteiger partial charge >= 0.3 is 0 Å². The summed E-state index contributed by atoms with van der Waals surface area (Å²) in [6.07, 6.45) is 0.827. The monoisotopic (exact) mass is 294 g/mol. The Kier molecular flexibility index (Phi) is 4.96. The van der Waals surface area contributed by atoms with E-state index >= 15 is 0 Å². The number of rotatable bonds is 6. The van der Waals surface area contributed by atoms with Crippen LogP contribution in [-0.2, 0) is 11.2 Å². The number of thiophene rings is 1. The fourth-order valence-electron chi connectivity index (χ4n) is 1.85. The second kappa shape index (κ2) is 6.70. The van der Waals surface area contributed by atoms with Crippen LogP contribution in [0.4, 0.5) is 0 Å². The van der Waals surface area contributed by atoms with E-state index in [1.165, 1.54) is 4.88 Å². The highest BCUT2D eigenvalue weighted by Crippen LogP contribution is 2.21. The summed E-state index contributed by atoms with van der Waals surface area (Å²) in [5.41, 5.74) is 6.32. The van der Waals surface area contributed by atoms with Gasteiger partial charge in [-0.2, -0.15) is 0 Å². The zero-order chi connectivity index (χ0) is 13.7. The third-order valence-corrected chi connectivity index (χ3v) is 4.06. The number of nitrogens with two attached hydrogens (primary N) is 1. The molecule has 3 nitrogen and oxygen atoms in total. The molecule has 0 saturated heterocycles. The maximum Gasteiger partial charge on any atom is 0.239 e. The molecular formula is C14H15ClN2OS. The summed E-state index contributed by atoms with van der Waals surface area (Å²) in [6, 6.07) is 12.9. The first-order valence-electron chi connectivity index (χ1n) is 5.98. The molecule has 5 heteroatoms. The summed E-state index contributed by atoms with van der Waals surface area (Å²) in [5, 5.41) is 3.18. The predicted molar refractivity (Wildman–Crippen MR) is 79.4 cm³/mol. The summed E-state index contributed by atoms with van der Waals surface area (Å²) in [7, 11) is 0. The minimum Gasteiger partial charge on any atom is -0.368 e. The second-order valence-corrected chi connectivity index (χ2v) is 5.96. The summed E-state index contributed by atoms with van der Waals surface area (Å²) in [4.78, 5) is 12.7. The Hall–Kier alpha value is -1.36. The molecule has 0 aliphatic heterocycles. The zero-order valence-electron chi connectivity index (χ0n) is 10.3. The lowest BCUT2D eigenvalue weighted by Gasteiger charge is -2.15. The van der Waals surface area contributed by atoms with Crippen LogP contribution in [0.3, 0.4) is 0 Å². The van der Waals surface area contributed by atoms with Gasteiger partial charge in [0.15, 0.2) is 0 Å². The van der Waals surface area contributed by atoms with Crippen molar-refractivity contribution in [3.05, 3.63) is 57.2 Å². The molecule has 0 fully saturated rings. The molecule has 0 unspecified atom stereocenters. The molecule has 0 radical (unpaired) electrons. The Morgan fingerprint density at radius 1 is 1.26 bits per heavy atom. The van der Waals surface area contributed by atoms with E-state index in [2.05, 4.69) is 5.32 Å². The molecule has 3 N–H and O–H groups in total. The molecule has 0 spiro atoms. The van der Waals surface area contributed by atoms with E-state index < -0.39 is 6.04 Å². The second-order valence-electron chi connectivity index (χ2n) is 4.16. The molecule has 0 aliphatic rings. The Labute approximate surface area is 121 Å². The lowest BCUT2D eigenvalue weighted by molar-refractivity contribution is -0.120. The fourth-order valence-corrected chi connectivity index (χ4v) is 2.94. The number of primary amides is 1. The Morgan fingerprint density at radius 3 is 2.58 bits per heavy atom. The van der Waals surface area contributed by atoms with Crippen LogP contribution in [0, 0.1) is 0 Å². The van der Waals surface area contributed by atoms with Gasteiger partial charge in [-0.1, -0.05) is 41.9 Å². The van der Waals surface area contributed by atoms with Gasteiger partial charge in [0.05, 0.1) is 4.34 Å². The lowest BCUT2D eigenvalue weighted by Crippen LogP contribution is -2.34. The summed E-state index contributed by atoms with van der Waals surface area (Å²) >= 11 is 7.43. The average molecular weight is 295 g/mol. The molecule has 0 saturated carbocycles. The molecule has 0 bridgehead atoms. The third-order valence-electron chi connectivity index (χ3n) is 2.77. The van der Waals surface area contributed by atoms with E-state index in [-0.39, 0.29) is 5.91 Å². The molecule has 100 valence electrons. The molecule has 1 atom stereocenters. The summed E-state index contributed by atoms with van der Waals surface area (Å²) in [6.45, 7) is 0.680. The molecule has 1 heterocycles. The van der Waals surface area contributed by atoms with Gasteiger partial charge in [-0.3, -0.25) is 4.79 Å².